The zero-order chi connectivity index (χ0) is 9.14. The number of furan rings is 1. The highest BCUT2D eigenvalue weighted by molar-refractivity contribution is 5.19. The Bertz CT molecular complexity index is 283. The Labute approximate surface area is 68.3 Å². The van der Waals surface area contributed by atoms with Gasteiger partial charge in [-0.05, 0) is 6.07 Å². The van der Waals surface area contributed by atoms with Crippen molar-refractivity contribution in [3.05, 3.63) is 28.0 Å². The average molecular weight is 171 g/mol. The molecule has 0 spiro atoms. The Morgan fingerprint density at radius 1 is 1.67 bits per heavy atom. The highest BCUT2D eigenvalue weighted by atomic mass is 16.6. The van der Waals surface area contributed by atoms with Crippen molar-refractivity contribution < 1.29 is 9.34 Å². The molecular formula is C6H9N3O3. The van der Waals surface area contributed by atoms with Crippen molar-refractivity contribution in [3.8, 4) is 0 Å². The third-order valence-electron chi connectivity index (χ3n) is 1.41. The van der Waals surface area contributed by atoms with Gasteiger partial charge in [-0.3, -0.25) is 10.1 Å². The van der Waals surface area contributed by atoms with E-state index < -0.39 is 11.0 Å². The Morgan fingerprint density at radius 3 is 2.75 bits per heavy atom. The molecule has 1 rings (SSSR count). The van der Waals surface area contributed by atoms with Gasteiger partial charge in [0.2, 0.25) is 0 Å². The summed E-state index contributed by atoms with van der Waals surface area (Å²) in [6.45, 7) is 0.199. The van der Waals surface area contributed by atoms with E-state index in [0.29, 0.717) is 5.76 Å². The van der Waals surface area contributed by atoms with E-state index in [2.05, 4.69) is 0 Å². The number of hydrogen-bond acceptors (Lipinski definition) is 5. The monoisotopic (exact) mass is 171 g/mol. The first-order valence-electron chi connectivity index (χ1n) is 3.35. The predicted molar refractivity (Wildman–Crippen MR) is 41.3 cm³/mol. The van der Waals surface area contributed by atoms with Crippen molar-refractivity contribution in [2.45, 2.75) is 6.04 Å². The van der Waals surface area contributed by atoms with E-state index in [1.165, 1.54) is 12.1 Å². The largest absolute Gasteiger partial charge is 0.433 e. The summed E-state index contributed by atoms with van der Waals surface area (Å²) in [6.07, 6.45) is 0. The molecule has 0 unspecified atom stereocenters. The first-order valence-corrected chi connectivity index (χ1v) is 3.35. The molecule has 0 aromatic carbocycles. The van der Waals surface area contributed by atoms with Gasteiger partial charge in [0.1, 0.15) is 10.7 Å². The van der Waals surface area contributed by atoms with Crippen LogP contribution in [0.3, 0.4) is 0 Å². The molecule has 0 saturated heterocycles. The molecule has 0 bridgehead atoms. The molecule has 1 heterocycles. The minimum Gasteiger partial charge on any atom is -0.404 e. The fraction of sp³-hybridized carbons (Fsp3) is 0.333. The van der Waals surface area contributed by atoms with Crippen LogP contribution in [0.4, 0.5) is 5.88 Å². The molecule has 0 radical (unpaired) electrons. The minimum absolute atomic E-state index is 0.199. The fourth-order valence-electron chi connectivity index (χ4n) is 0.756. The van der Waals surface area contributed by atoms with E-state index in [-0.39, 0.29) is 12.4 Å². The summed E-state index contributed by atoms with van der Waals surface area (Å²) in [5, 5.41) is 10.2. The molecule has 4 N–H and O–H groups in total. The van der Waals surface area contributed by atoms with Gasteiger partial charge in [-0.15, -0.1) is 0 Å². The number of nitro groups is 1. The van der Waals surface area contributed by atoms with Crippen LogP contribution in [0.5, 0.6) is 0 Å². The van der Waals surface area contributed by atoms with E-state index in [1.807, 2.05) is 0 Å². The maximum absolute atomic E-state index is 10.2. The molecule has 66 valence electrons. The third-order valence-corrected chi connectivity index (χ3v) is 1.41. The zero-order valence-electron chi connectivity index (χ0n) is 6.27. The topological polar surface area (TPSA) is 108 Å². The van der Waals surface area contributed by atoms with Gasteiger partial charge < -0.3 is 15.9 Å². The summed E-state index contributed by atoms with van der Waals surface area (Å²) < 4.78 is 4.79. The molecule has 0 aliphatic heterocycles. The summed E-state index contributed by atoms with van der Waals surface area (Å²) in [5.74, 6) is 0.0260. The quantitative estimate of drug-likeness (QED) is 0.496. The summed E-state index contributed by atoms with van der Waals surface area (Å²) in [7, 11) is 0. The van der Waals surface area contributed by atoms with Crippen molar-refractivity contribution in [1.82, 2.24) is 0 Å². The van der Waals surface area contributed by atoms with Crippen LogP contribution >= 0.6 is 0 Å². The lowest BCUT2D eigenvalue weighted by Crippen LogP contribution is -2.19. The normalized spacial score (nSPS) is 12.8. The van der Waals surface area contributed by atoms with Crippen LogP contribution in [-0.2, 0) is 0 Å². The first-order chi connectivity index (χ1) is 5.65. The molecule has 1 aromatic rings. The standard InChI is InChI=1S/C6H9N3O3/c7-3-4(8)5-1-2-6(12-5)9(10)11/h1-2,4H,3,7-8H2/t4-/m0/s1. The Hall–Kier alpha value is -1.40. The van der Waals surface area contributed by atoms with Gasteiger partial charge >= 0.3 is 5.88 Å². The molecule has 0 saturated carbocycles. The lowest BCUT2D eigenvalue weighted by molar-refractivity contribution is -0.402. The average Bonchev–Trinajstić information content (AvgIpc) is 2.51. The number of hydrogen-bond donors (Lipinski definition) is 2. The zero-order valence-corrected chi connectivity index (χ0v) is 6.27. The van der Waals surface area contributed by atoms with Gasteiger partial charge in [-0.25, -0.2) is 0 Å². The van der Waals surface area contributed by atoms with Crippen molar-refractivity contribution >= 4 is 5.88 Å². The van der Waals surface area contributed by atoms with Crippen LogP contribution in [0.25, 0.3) is 0 Å². The third kappa shape index (κ3) is 1.60. The van der Waals surface area contributed by atoms with Crippen LogP contribution in [0.15, 0.2) is 16.5 Å². The fourth-order valence-corrected chi connectivity index (χ4v) is 0.756. The molecule has 0 amide bonds. The highest BCUT2D eigenvalue weighted by Crippen LogP contribution is 2.19. The second kappa shape index (κ2) is 3.33. The Morgan fingerprint density at radius 2 is 2.33 bits per heavy atom. The first kappa shape index (κ1) is 8.69. The van der Waals surface area contributed by atoms with Gasteiger partial charge in [0.25, 0.3) is 0 Å². The molecule has 6 nitrogen and oxygen atoms in total. The SMILES string of the molecule is NC[C@H](N)c1ccc([N+](=O)[O-])o1. The van der Waals surface area contributed by atoms with Crippen LogP contribution in [0, 0.1) is 10.1 Å². The Kier molecular flexibility index (Phi) is 2.41. The van der Waals surface area contributed by atoms with E-state index in [1.54, 1.807) is 0 Å². The van der Waals surface area contributed by atoms with Crippen LogP contribution in [0.1, 0.15) is 11.8 Å². The molecule has 0 fully saturated rings. The maximum Gasteiger partial charge on any atom is 0.433 e. The van der Waals surface area contributed by atoms with Gasteiger partial charge in [-0.2, -0.15) is 0 Å². The second-order valence-electron chi connectivity index (χ2n) is 2.28. The molecular weight excluding hydrogens is 162 g/mol. The van der Waals surface area contributed by atoms with Crippen molar-refractivity contribution in [1.29, 1.82) is 0 Å². The lowest BCUT2D eigenvalue weighted by Gasteiger charge is -2.01. The van der Waals surface area contributed by atoms with Gasteiger partial charge in [-0.1, -0.05) is 0 Å². The van der Waals surface area contributed by atoms with Crippen LogP contribution in [-0.4, -0.2) is 11.5 Å². The molecule has 0 aliphatic rings. The number of rotatable bonds is 3. The van der Waals surface area contributed by atoms with Crippen molar-refractivity contribution in [2.75, 3.05) is 6.54 Å². The van der Waals surface area contributed by atoms with Gasteiger partial charge in [0, 0.05) is 6.54 Å². The number of nitrogens with zero attached hydrogens (tertiary/aromatic N) is 1. The number of nitrogens with two attached hydrogens (primary N) is 2. The van der Waals surface area contributed by atoms with Crippen molar-refractivity contribution in [2.24, 2.45) is 11.5 Å². The maximum atomic E-state index is 10.2. The van der Waals surface area contributed by atoms with Gasteiger partial charge in [0.05, 0.1) is 12.1 Å². The predicted octanol–water partition coefficient (Wildman–Crippen LogP) is 0.146. The smallest absolute Gasteiger partial charge is 0.404 e. The van der Waals surface area contributed by atoms with Crippen LogP contribution in [0.2, 0.25) is 0 Å². The van der Waals surface area contributed by atoms with E-state index >= 15 is 0 Å². The second-order valence-corrected chi connectivity index (χ2v) is 2.28. The van der Waals surface area contributed by atoms with E-state index in [4.69, 9.17) is 15.9 Å². The summed E-state index contributed by atoms with van der Waals surface area (Å²) in [6, 6.07) is 2.24. The van der Waals surface area contributed by atoms with Crippen LogP contribution < -0.4 is 11.5 Å². The lowest BCUT2D eigenvalue weighted by atomic mass is 10.2. The summed E-state index contributed by atoms with van der Waals surface area (Å²) >= 11 is 0. The molecule has 12 heavy (non-hydrogen) atoms. The summed E-state index contributed by atoms with van der Waals surface area (Å²) in [5.41, 5.74) is 10.7. The van der Waals surface area contributed by atoms with Crippen molar-refractivity contribution in [3.63, 3.8) is 0 Å². The van der Waals surface area contributed by atoms with E-state index in [9.17, 15) is 10.1 Å². The molecule has 1 aromatic heterocycles. The Balaban J connectivity index is 2.84. The molecule has 1 atom stereocenters. The van der Waals surface area contributed by atoms with Gasteiger partial charge in [0.15, 0.2) is 0 Å². The highest BCUT2D eigenvalue weighted by Gasteiger charge is 2.15. The van der Waals surface area contributed by atoms with E-state index in [0.717, 1.165) is 0 Å². The molecule has 0 aliphatic carbocycles. The summed E-state index contributed by atoms with van der Waals surface area (Å²) in [4.78, 5) is 9.55. The molecule has 6 heteroatoms. The minimum atomic E-state index is -0.618.